The Bertz CT molecular complexity index is 403. The van der Waals surface area contributed by atoms with Crippen LogP contribution in [0.25, 0.3) is 0 Å². The average molecular weight is 397 g/mol. The minimum absolute atomic E-state index is 0.396. The number of ether oxygens (including phenoxy) is 1. The predicted octanol–water partition coefficient (Wildman–Crippen LogP) is 7.21. The third kappa shape index (κ3) is 18.1. The highest BCUT2D eigenvalue weighted by Gasteiger charge is 2.20. The zero-order valence-electron chi connectivity index (χ0n) is 18.4. The molecule has 1 unspecified atom stereocenters. The molecule has 4 heteroatoms. The van der Waals surface area contributed by atoms with E-state index in [0.29, 0.717) is 6.42 Å². The number of carbonyl (C=O) groups is 2. The Morgan fingerprint density at radius 1 is 0.750 bits per heavy atom. The number of carboxylic acid groups (broad SMARTS) is 1. The van der Waals surface area contributed by atoms with Crippen LogP contribution < -0.4 is 0 Å². The van der Waals surface area contributed by atoms with Crippen molar-refractivity contribution < 1.29 is 19.4 Å². The van der Waals surface area contributed by atoms with Crippen LogP contribution in [0.5, 0.6) is 0 Å². The van der Waals surface area contributed by atoms with Gasteiger partial charge in [-0.3, -0.25) is 0 Å². The van der Waals surface area contributed by atoms with Gasteiger partial charge in [0.25, 0.3) is 0 Å². The summed E-state index contributed by atoms with van der Waals surface area (Å²) in [5.41, 5.74) is 0. The SMILES string of the molecule is CCCCCCCCCCCCCC=CC(=O)OC(CCCCCC)C(=O)O. The molecule has 0 aliphatic carbocycles. The van der Waals surface area contributed by atoms with Crippen LogP contribution in [0.3, 0.4) is 0 Å². The fraction of sp³-hybridized carbons (Fsp3) is 0.833. The molecule has 0 fully saturated rings. The Morgan fingerprint density at radius 2 is 1.21 bits per heavy atom. The minimum Gasteiger partial charge on any atom is -0.479 e. The summed E-state index contributed by atoms with van der Waals surface area (Å²) in [7, 11) is 0. The topological polar surface area (TPSA) is 63.6 Å². The number of unbranched alkanes of at least 4 members (excludes halogenated alkanes) is 14. The van der Waals surface area contributed by atoms with Crippen molar-refractivity contribution in [2.45, 2.75) is 129 Å². The van der Waals surface area contributed by atoms with Gasteiger partial charge in [0.1, 0.15) is 0 Å². The maximum atomic E-state index is 11.8. The summed E-state index contributed by atoms with van der Waals surface area (Å²) in [6, 6.07) is 0. The lowest BCUT2D eigenvalue weighted by Crippen LogP contribution is -2.26. The van der Waals surface area contributed by atoms with E-state index in [2.05, 4.69) is 13.8 Å². The predicted molar refractivity (Wildman–Crippen MR) is 116 cm³/mol. The van der Waals surface area contributed by atoms with Crippen LogP contribution in [0, 0.1) is 0 Å². The Labute approximate surface area is 173 Å². The number of esters is 1. The van der Waals surface area contributed by atoms with E-state index in [9.17, 15) is 9.59 Å². The molecule has 0 aromatic heterocycles. The van der Waals surface area contributed by atoms with Crippen LogP contribution >= 0.6 is 0 Å². The molecule has 0 spiro atoms. The average Bonchev–Trinajstić information content (AvgIpc) is 2.67. The van der Waals surface area contributed by atoms with Crippen LogP contribution in [0.2, 0.25) is 0 Å². The van der Waals surface area contributed by atoms with E-state index >= 15 is 0 Å². The minimum atomic E-state index is -1.05. The number of allylic oxidation sites excluding steroid dienone is 1. The Kier molecular flexibility index (Phi) is 19.5. The molecule has 0 amide bonds. The molecular weight excluding hydrogens is 352 g/mol. The summed E-state index contributed by atoms with van der Waals surface area (Å²) < 4.78 is 5.07. The first kappa shape index (κ1) is 26.7. The molecule has 1 N–H and O–H groups in total. The molecule has 1 atom stereocenters. The maximum Gasteiger partial charge on any atom is 0.345 e. The third-order valence-corrected chi connectivity index (χ3v) is 5.08. The third-order valence-electron chi connectivity index (χ3n) is 5.08. The van der Waals surface area contributed by atoms with Crippen molar-refractivity contribution in [3.05, 3.63) is 12.2 Å². The highest BCUT2D eigenvalue weighted by atomic mass is 16.6. The van der Waals surface area contributed by atoms with Crippen molar-refractivity contribution in [2.24, 2.45) is 0 Å². The van der Waals surface area contributed by atoms with Crippen LogP contribution in [0.15, 0.2) is 12.2 Å². The first-order valence-electron chi connectivity index (χ1n) is 11.7. The van der Waals surface area contributed by atoms with Crippen molar-refractivity contribution in [3.8, 4) is 0 Å². The molecule has 4 nitrogen and oxygen atoms in total. The van der Waals surface area contributed by atoms with Crippen molar-refractivity contribution in [1.29, 1.82) is 0 Å². The normalized spacial score (nSPS) is 12.4. The highest BCUT2D eigenvalue weighted by Crippen LogP contribution is 2.12. The molecule has 28 heavy (non-hydrogen) atoms. The monoisotopic (exact) mass is 396 g/mol. The largest absolute Gasteiger partial charge is 0.479 e. The summed E-state index contributed by atoms with van der Waals surface area (Å²) in [5, 5.41) is 9.16. The van der Waals surface area contributed by atoms with E-state index in [0.717, 1.165) is 38.5 Å². The molecule has 0 heterocycles. The first-order valence-corrected chi connectivity index (χ1v) is 11.7. The van der Waals surface area contributed by atoms with Gasteiger partial charge in [0.15, 0.2) is 6.10 Å². The molecule has 164 valence electrons. The van der Waals surface area contributed by atoms with E-state index < -0.39 is 18.0 Å². The summed E-state index contributed by atoms with van der Waals surface area (Å²) in [5.74, 6) is -1.59. The van der Waals surface area contributed by atoms with Crippen molar-refractivity contribution in [2.75, 3.05) is 0 Å². The van der Waals surface area contributed by atoms with Gasteiger partial charge in [-0.2, -0.15) is 0 Å². The van der Waals surface area contributed by atoms with Gasteiger partial charge >= 0.3 is 11.9 Å². The molecule has 0 rings (SSSR count). The molecule has 0 saturated heterocycles. The number of rotatable bonds is 20. The zero-order chi connectivity index (χ0) is 20.9. The molecule has 0 aliphatic heterocycles. The second-order valence-electron chi connectivity index (χ2n) is 7.84. The van der Waals surface area contributed by atoms with E-state index in [1.807, 2.05) is 6.08 Å². The Morgan fingerprint density at radius 3 is 1.71 bits per heavy atom. The van der Waals surface area contributed by atoms with Gasteiger partial charge in [-0.1, -0.05) is 103 Å². The quantitative estimate of drug-likeness (QED) is 0.134. The second kappa shape index (κ2) is 20.4. The maximum absolute atomic E-state index is 11.8. The first-order chi connectivity index (χ1) is 13.6. The van der Waals surface area contributed by atoms with Crippen molar-refractivity contribution in [3.63, 3.8) is 0 Å². The Hall–Kier alpha value is -1.32. The zero-order valence-corrected chi connectivity index (χ0v) is 18.4. The number of hydrogen-bond acceptors (Lipinski definition) is 3. The summed E-state index contributed by atoms with van der Waals surface area (Å²) >= 11 is 0. The smallest absolute Gasteiger partial charge is 0.345 e. The number of hydrogen-bond donors (Lipinski definition) is 1. The van der Waals surface area contributed by atoms with E-state index in [1.54, 1.807) is 0 Å². The van der Waals surface area contributed by atoms with Gasteiger partial charge in [0.2, 0.25) is 0 Å². The molecule has 0 aromatic carbocycles. The molecule has 0 radical (unpaired) electrons. The van der Waals surface area contributed by atoms with Gasteiger partial charge < -0.3 is 9.84 Å². The lowest BCUT2D eigenvalue weighted by molar-refractivity contribution is -0.161. The van der Waals surface area contributed by atoms with Crippen LogP contribution in [-0.4, -0.2) is 23.1 Å². The standard InChI is InChI=1S/C24H44O4/c1-3-5-7-9-10-11-12-13-14-15-16-17-19-21-23(25)28-22(24(26)27)20-18-8-6-4-2/h19,21-22H,3-18,20H2,1-2H3,(H,26,27). The fourth-order valence-electron chi connectivity index (χ4n) is 3.27. The van der Waals surface area contributed by atoms with Crippen LogP contribution in [-0.2, 0) is 14.3 Å². The lowest BCUT2D eigenvalue weighted by atomic mass is 10.1. The lowest BCUT2D eigenvalue weighted by Gasteiger charge is -2.12. The van der Waals surface area contributed by atoms with Gasteiger partial charge in [0.05, 0.1) is 0 Å². The second-order valence-corrected chi connectivity index (χ2v) is 7.84. The molecule has 0 aromatic rings. The van der Waals surface area contributed by atoms with Gasteiger partial charge in [-0.15, -0.1) is 0 Å². The number of carbonyl (C=O) groups excluding carboxylic acids is 1. The van der Waals surface area contributed by atoms with E-state index in [-0.39, 0.29) is 0 Å². The fourth-order valence-corrected chi connectivity index (χ4v) is 3.27. The van der Waals surface area contributed by atoms with Gasteiger partial charge in [-0.25, -0.2) is 9.59 Å². The van der Waals surface area contributed by atoms with Crippen molar-refractivity contribution in [1.82, 2.24) is 0 Å². The molecule has 0 aliphatic rings. The van der Waals surface area contributed by atoms with Gasteiger partial charge in [0, 0.05) is 6.08 Å². The summed E-state index contributed by atoms with van der Waals surface area (Å²) in [6.07, 6.45) is 21.7. The van der Waals surface area contributed by atoms with Crippen LogP contribution in [0.4, 0.5) is 0 Å². The molecular formula is C24H44O4. The van der Waals surface area contributed by atoms with E-state index in [4.69, 9.17) is 9.84 Å². The van der Waals surface area contributed by atoms with Gasteiger partial charge in [-0.05, 0) is 25.7 Å². The Balaban J connectivity index is 3.63. The van der Waals surface area contributed by atoms with Crippen LogP contribution in [0.1, 0.15) is 123 Å². The van der Waals surface area contributed by atoms with E-state index in [1.165, 1.54) is 70.3 Å². The summed E-state index contributed by atoms with van der Waals surface area (Å²) in [4.78, 5) is 23.0. The summed E-state index contributed by atoms with van der Waals surface area (Å²) in [6.45, 7) is 4.36. The molecule has 0 bridgehead atoms. The molecule has 0 saturated carbocycles. The number of aliphatic carboxylic acids is 1. The number of carboxylic acids is 1. The highest BCUT2D eigenvalue weighted by molar-refractivity contribution is 5.85. The van der Waals surface area contributed by atoms with Crippen molar-refractivity contribution >= 4 is 11.9 Å².